The Morgan fingerprint density at radius 3 is 2.42 bits per heavy atom. The summed E-state index contributed by atoms with van der Waals surface area (Å²) in [5.41, 5.74) is 1.17. The van der Waals surface area contributed by atoms with E-state index in [9.17, 15) is 4.79 Å². The summed E-state index contributed by atoms with van der Waals surface area (Å²) in [5, 5.41) is 3.10. The van der Waals surface area contributed by atoms with Crippen molar-refractivity contribution >= 4 is 5.91 Å². The van der Waals surface area contributed by atoms with E-state index in [0.29, 0.717) is 13.1 Å². The summed E-state index contributed by atoms with van der Waals surface area (Å²) in [6.07, 6.45) is 0. The molecular formula is C15H25N3O. The minimum atomic E-state index is 0.160. The summed E-state index contributed by atoms with van der Waals surface area (Å²) in [6.45, 7) is 5.56. The van der Waals surface area contributed by atoms with E-state index in [1.807, 2.05) is 44.1 Å². The van der Waals surface area contributed by atoms with Gasteiger partial charge in [-0.1, -0.05) is 37.3 Å². The number of carbonyl (C=O) groups excluding carboxylic acids is 1. The molecule has 1 aromatic carbocycles. The van der Waals surface area contributed by atoms with Gasteiger partial charge in [-0.05, 0) is 26.2 Å². The van der Waals surface area contributed by atoms with Gasteiger partial charge in [0.15, 0.2) is 0 Å². The van der Waals surface area contributed by atoms with Crippen molar-refractivity contribution in [2.24, 2.45) is 0 Å². The fourth-order valence-electron chi connectivity index (χ4n) is 1.76. The summed E-state index contributed by atoms with van der Waals surface area (Å²) in [5.74, 6) is 0.160. The third kappa shape index (κ3) is 6.36. The van der Waals surface area contributed by atoms with Crippen LogP contribution in [0.3, 0.4) is 0 Å². The number of nitrogens with one attached hydrogen (secondary N) is 1. The molecule has 1 aromatic rings. The first-order valence-electron chi connectivity index (χ1n) is 6.80. The Labute approximate surface area is 116 Å². The molecule has 0 aliphatic carbocycles. The van der Waals surface area contributed by atoms with E-state index in [1.165, 1.54) is 5.56 Å². The van der Waals surface area contributed by atoms with Crippen LogP contribution in [0.4, 0.5) is 0 Å². The second-order valence-electron chi connectivity index (χ2n) is 4.88. The molecule has 0 spiro atoms. The highest BCUT2D eigenvalue weighted by Gasteiger charge is 2.13. The fraction of sp³-hybridized carbons (Fsp3) is 0.533. The van der Waals surface area contributed by atoms with Gasteiger partial charge in [-0.15, -0.1) is 0 Å². The standard InChI is InChI=1S/C15H25N3O/c1-4-16-12-15(19)18(11-10-17(2)3)13-14-8-6-5-7-9-14/h5-9,16H,4,10-13H2,1-3H3. The number of carbonyl (C=O) groups is 1. The smallest absolute Gasteiger partial charge is 0.236 e. The lowest BCUT2D eigenvalue weighted by atomic mass is 10.2. The summed E-state index contributed by atoms with van der Waals surface area (Å²) in [6, 6.07) is 10.1. The monoisotopic (exact) mass is 263 g/mol. The van der Waals surface area contributed by atoms with Crippen LogP contribution in [0.25, 0.3) is 0 Å². The average Bonchev–Trinajstić information content (AvgIpc) is 2.41. The van der Waals surface area contributed by atoms with Crippen LogP contribution >= 0.6 is 0 Å². The minimum absolute atomic E-state index is 0.160. The summed E-state index contributed by atoms with van der Waals surface area (Å²) in [7, 11) is 4.05. The molecule has 19 heavy (non-hydrogen) atoms. The van der Waals surface area contributed by atoms with Crippen LogP contribution in [-0.2, 0) is 11.3 Å². The van der Waals surface area contributed by atoms with Crippen molar-refractivity contribution in [2.45, 2.75) is 13.5 Å². The lowest BCUT2D eigenvalue weighted by Gasteiger charge is -2.24. The SMILES string of the molecule is CCNCC(=O)N(CCN(C)C)Cc1ccccc1. The Kier molecular flexibility index (Phi) is 7.15. The molecule has 0 saturated heterocycles. The second kappa shape index (κ2) is 8.67. The molecule has 0 aliphatic rings. The van der Waals surface area contributed by atoms with Gasteiger partial charge in [0, 0.05) is 19.6 Å². The highest BCUT2D eigenvalue weighted by atomic mass is 16.2. The third-order valence-corrected chi connectivity index (χ3v) is 2.91. The number of likely N-dealkylation sites (N-methyl/N-ethyl adjacent to an activating group) is 2. The summed E-state index contributed by atoms with van der Waals surface area (Å²) in [4.78, 5) is 16.2. The van der Waals surface area contributed by atoms with Crippen molar-refractivity contribution in [3.05, 3.63) is 35.9 Å². The van der Waals surface area contributed by atoms with Crippen molar-refractivity contribution in [1.82, 2.24) is 15.1 Å². The summed E-state index contributed by atoms with van der Waals surface area (Å²) < 4.78 is 0. The van der Waals surface area contributed by atoms with Crippen LogP contribution in [0, 0.1) is 0 Å². The third-order valence-electron chi connectivity index (χ3n) is 2.91. The van der Waals surface area contributed by atoms with Crippen LogP contribution in [0.1, 0.15) is 12.5 Å². The maximum Gasteiger partial charge on any atom is 0.236 e. The van der Waals surface area contributed by atoms with E-state index in [-0.39, 0.29) is 5.91 Å². The number of amides is 1. The Morgan fingerprint density at radius 1 is 1.16 bits per heavy atom. The van der Waals surface area contributed by atoms with E-state index in [4.69, 9.17) is 0 Å². The molecule has 4 heteroatoms. The number of hydrogen-bond acceptors (Lipinski definition) is 3. The van der Waals surface area contributed by atoms with Gasteiger partial charge in [-0.2, -0.15) is 0 Å². The minimum Gasteiger partial charge on any atom is -0.336 e. The van der Waals surface area contributed by atoms with Crippen molar-refractivity contribution < 1.29 is 4.79 Å². The molecule has 0 unspecified atom stereocenters. The Balaban J connectivity index is 2.60. The zero-order chi connectivity index (χ0) is 14.1. The molecule has 1 N–H and O–H groups in total. The fourth-order valence-corrected chi connectivity index (χ4v) is 1.76. The number of hydrogen-bond donors (Lipinski definition) is 1. The van der Waals surface area contributed by atoms with Crippen LogP contribution in [-0.4, -0.2) is 56.0 Å². The molecule has 0 bridgehead atoms. The van der Waals surface area contributed by atoms with Gasteiger partial charge in [0.05, 0.1) is 6.54 Å². The lowest BCUT2D eigenvalue weighted by molar-refractivity contribution is -0.131. The van der Waals surface area contributed by atoms with Crippen molar-refractivity contribution in [3.63, 3.8) is 0 Å². The first kappa shape index (κ1) is 15.7. The molecule has 0 atom stereocenters. The van der Waals surface area contributed by atoms with Gasteiger partial charge >= 0.3 is 0 Å². The quantitative estimate of drug-likeness (QED) is 0.765. The van der Waals surface area contributed by atoms with Gasteiger partial charge in [-0.3, -0.25) is 4.79 Å². The molecule has 106 valence electrons. The van der Waals surface area contributed by atoms with Crippen molar-refractivity contribution in [3.8, 4) is 0 Å². The predicted octanol–water partition coefficient (Wildman–Crippen LogP) is 1.19. The predicted molar refractivity (Wildman–Crippen MR) is 79.0 cm³/mol. The van der Waals surface area contributed by atoms with Gasteiger partial charge in [0.2, 0.25) is 5.91 Å². The van der Waals surface area contributed by atoms with Crippen molar-refractivity contribution in [1.29, 1.82) is 0 Å². The van der Waals surface area contributed by atoms with E-state index in [2.05, 4.69) is 22.3 Å². The van der Waals surface area contributed by atoms with E-state index in [1.54, 1.807) is 0 Å². The number of benzene rings is 1. The van der Waals surface area contributed by atoms with E-state index >= 15 is 0 Å². The average molecular weight is 263 g/mol. The zero-order valence-corrected chi connectivity index (χ0v) is 12.2. The van der Waals surface area contributed by atoms with Crippen LogP contribution in [0.15, 0.2) is 30.3 Å². The van der Waals surface area contributed by atoms with Gasteiger partial charge in [0.1, 0.15) is 0 Å². The molecule has 0 saturated carbocycles. The van der Waals surface area contributed by atoms with Crippen molar-refractivity contribution in [2.75, 3.05) is 40.3 Å². The van der Waals surface area contributed by atoms with Gasteiger partial charge in [-0.25, -0.2) is 0 Å². The lowest BCUT2D eigenvalue weighted by Crippen LogP contribution is -2.41. The Hall–Kier alpha value is -1.39. The molecule has 0 fully saturated rings. The second-order valence-corrected chi connectivity index (χ2v) is 4.88. The maximum absolute atomic E-state index is 12.2. The normalized spacial score (nSPS) is 10.7. The van der Waals surface area contributed by atoms with Crippen LogP contribution in [0.2, 0.25) is 0 Å². The first-order chi connectivity index (χ1) is 9.13. The molecule has 4 nitrogen and oxygen atoms in total. The van der Waals surface area contributed by atoms with E-state index in [0.717, 1.165) is 19.6 Å². The van der Waals surface area contributed by atoms with Crippen LogP contribution < -0.4 is 5.32 Å². The highest BCUT2D eigenvalue weighted by molar-refractivity contribution is 5.78. The molecule has 1 amide bonds. The molecule has 0 heterocycles. The zero-order valence-electron chi connectivity index (χ0n) is 12.2. The topological polar surface area (TPSA) is 35.6 Å². The van der Waals surface area contributed by atoms with Gasteiger partial charge < -0.3 is 15.1 Å². The first-order valence-corrected chi connectivity index (χ1v) is 6.80. The van der Waals surface area contributed by atoms with E-state index < -0.39 is 0 Å². The Bertz CT molecular complexity index is 365. The largest absolute Gasteiger partial charge is 0.336 e. The van der Waals surface area contributed by atoms with Crippen LogP contribution in [0.5, 0.6) is 0 Å². The maximum atomic E-state index is 12.2. The number of rotatable bonds is 8. The molecule has 1 rings (SSSR count). The van der Waals surface area contributed by atoms with Gasteiger partial charge in [0.25, 0.3) is 0 Å². The number of nitrogens with zero attached hydrogens (tertiary/aromatic N) is 2. The molecule has 0 radical (unpaired) electrons. The molecule has 0 aromatic heterocycles. The molecular weight excluding hydrogens is 238 g/mol. The summed E-state index contributed by atoms with van der Waals surface area (Å²) >= 11 is 0. The highest BCUT2D eigenvalue weighted by Crippen LogP contribution is 2.04. The Morgan fingerprint density at radius 2 is 1.84 bits per heavy atom. The molecule has 0 aliphatic heterocycles.